The Morgan fingerprint density at radius 3 is 2.29 bits per heavy atom. The molecule has 0 amide bonds. The van der Waals surface area contributed by atoms with Crippen molar-refractivity contribution in [1.29, 1.82) is 0 Å². The van der Waals surface area contributed by atoms with E-state index in [0.29, 0.717) is 23.4 Å². The van der Waals surface area contributed by atoms with E-state index < -0.39 is 11.7 Å². The van der Waals surface area contributed by atoms with Crippen LogP contribution in [0.1, 0.15) is 18.9 Å². The number of benzene rings is 2. The van der Waals surface area contributed by atoms with E-state index in [1.807, 2.05) is 62.3 Å². The summed E-state index contributed by atoms with van der Waals surface area (Å²) in [7, 11) is 3.77. The lowest BCUT2D eigenvalue weighted by Crippen LogP contribution is -2.09. The molecule has 0 aliphatic heterocycles. The van der Waals surface area contributed by atoms with Gasteiger partial charge in [0.25, 0.3) is 0 Å². The van der Waals surface area contributed by atoms with Crippen molar-refractivity contribution in [2.75, 3.05) is 19.0 Å². The van der Waals surface area contributed by atoms with Crippen molar-refractivity contribution in [2.45, 2.75) is 26.1 Å². The molecule has 160 valence electrons. The number of hydrogen-bond donors (Lipinski definition) is 0. The van der Waals surface area contributed by atoms with Crippen LogP contribution >= 0.6 is 0 Å². The lowest BCUT2D eigenvalue weighted by atomic mass is 10.0. The largest absolute Gasteiger partial charge is 0.417 e. The second-order valence-corrected chi connectivity index (χ2v) is 7.63. The maximum Gasteiger partial charge on any atom is 0.417 e. The van der Waals surface area contributed by atoms with Crippen molar-refractivity contribution in [2.24, 2.45) is 0 Å². The zero-order valence-corrected chi connectivity index (χ0v) is 17.6. The highest BCUT2D eigenvalue weighted by molar-refractivity contribution is 5.95. The summed E-state index contributed by atoms with van der Waals surface area (Å²) in [6.07, 6.45) is -3.80. The summed E-state index contributed by atoms with van der Waals surface area (Å²) in [5, 5.41) is 4.53. The highest BCUT2D eigenvalue weighted by Gasteiger charge is 2.36. The van der Waals surface area contributed by atoms with Crippen molar-refractivity contribution in [3.63, 3.8) is 0 Å². The van der Waals surface area contributed by atoms with Crippen molar-refractivity contribution in [1.82, 2.24) is 14.8 Å². The first-order chi connectivity index (χ1) is 14.8. The number of aryl methyl sites for hydroxylation is 1. The standard InChI is InChI=1S/C24H23F3N4/c1-4-13-31-22(16-9-6-5-7-10-16)21-19(24(25,26)27)15-20(28-23(21)29-31)17-11-8-12-18(14-17)30(2)3/h5-12,14-15H,4,13H2,1-3H3. The van der Waals surface area contributed by atoms with E-state index in [0.717, 1.165) is 18.2 Å². The first-order valence-corrected chi connectivity index (χ1v) is 10.1. The molecule has 0 bridgehead atoms. The third kappa shape index (κ3) is 4.00. The Balaban J connectivity index is 2.03. The van der Waals surface area contributed by atoms with Crippen LogP contribution < -0.4 is 4.90 Å². The number of aromatic nitrogens is 3. The van der Waals surface area contributed by atoms with Crippen LogP contribution in [-0.2, 0) is 12.7 Å². The van der Waals surface area contributed by atoms with Gasteiger partial charge < -0.3 is 4.90 Å². The Kier molecular flexibility index (Phi) is 5.43. The molecule has 2 heterocycles. The van der Waals surface area contributed by atoms with Crippen LogP contribution in [0.15, 0.2) is 60.7 Å². The number of halogens is 3. The zero-order chi connectivity index (χ0) is 22.2. The smallest absolute Gasteiger partial charge is 0.378 e. The van der Waals surface area contributed by atoms with Crippen molar-refractivity contribution >= 4 is 16.7 Å². The topological polar surface area (TPSA) is 34.0 Å². The molecule has 31 heavy (non-hydrogen) atoms. The first kappa shape index (κ1) is 20.9. The fraction of sp³-hybridized carbons (Fsp3) is 0.250. The normalized spacial score (nSPS) is 11.8. The summed E-state index contributed by atoms with van der Waals surface area (Å²) >= 11 is 0. The molecule has 4 rings (SSSR count). The first-order valence-electron chi connectivity index (χ1n) is 10.1. The Hall–Kier alpha value is -3.35. The van der Waals surface area contributed by atoms with Gasteiger partial charge in [-0.15, -0.1) is 0 Å². The summed E-state index contributed by atoms with van der Waals surface area (Å²) in [5.74, 6) is 0. The highest BCUT2D eigenvalue weighted by Crippen LogP contribution is 2.41. The molecule has 4 nitrogen and oxygen atoms in total. The van der Waals surface area contributed by atoms with Gasteiger partial charge in [-0.3, -0.25) is 4.68 Å². The van der Waals surface area contributed by atoms with Crippen molar-refractivity contribution in [3.8, 4) is 22.5 Å². The van der Waals surface area contributed by atoms with Crippen molar-refractivity contribution < 1.29 is 13.2 Å². The number of pyridine rings is 1. The number of anilines is 1. The fourth-order valence-electron chi connectivity index (χ4n) is 3.71. The molecule has 0 fully saturated rings. The molecular weight excluding hydrogens is 401 g/mol. The molecule has 0 N–H and O–H groups in total. The third-order valence-corrected chi connectivity index (χ3v) is 5.16. The SMILES string of the molecule is CCCn1nc2nc(-c3cccc(N(C)C)c3)cc(C(F)(F)F)c2c1-c1ccccc1. The van der Waals surface area contributed by atoms with E-state index in [1.165, 1.54) is 0 Å². The number of fused-ring (bicyclic) bond motifs is 1. The van der Waals surface area contributed by atoms with Crippen LogP contribution in [0.25, 0.3) is 33.5 Å². The molecule has 0 atom stereocenters. The lowest BCUT2D eigenvalue weighted by molar-refractivity contribution is -0.136. The Labute approximate surface area is 179 Å². The van der Waals surface area contributed by atoms with Crippen LogP contribution in [0.3, 0.4) is 0 Å². The van der Waals surface area contributed by atoms with Crippen LogP contribution in [0.4, 0.5) is 18.9 Å². The summed E-state index contributed by atoms with van der Waals surface area (Å²) < 4.78 is 44.4. The number of nitrogens with zero attached hydrogens (tertiary/aromatic N) is 4. The molecule has 0 saturated heterocycles. The second kappa shape index (κ2) is 8.06. The van der Waals surface area contributed by atoms with Gasteiger partial charge in [-0.25, -0.2) is 4.98 Å². The molecule has 2 aromatic carbocycles. The molecular formula is C24H23F3N4. The summed E-state index contributed by atoms with van der Waals surface area (Å²) in [5.41, 5.74) is 2.28. The van der Waals surface area contributed by atoms with Crippen molar-refractivity contribution in [3.05, 3.63) is 66.2 Å². The van der Waals surface area contributed by atoms with E-state index in [4.69, 9.17) is 0 Å². The molecule has 0 saturated carbocycles. The maximum atomic E-state index is 14.2. The van der Waals surface area contributed by atoms with Crippen LogP contribution in [-0.4, -0.2) is 28.9 Å². The maximum absolute atomic E-state index is 14.2. The average molecular weight is 424 g/mol. The molecule has 0 radical (unpaired) electrons. The Bertz CT molecular complexity index is 1210. The van der Waals surface area contributed by atoms with Gasteiger partial charge in [0, 0.05) is 37.5 Å². The molecule has 0 aliphatic rings. The molecule has 0 spiro atoms. The highest BCUT2D eigenvalue weighted by atomic mass is 19.4. The van der Waals surface area contributed by atoms with E-state index in [-0.39, 0.29) is 16.7 Å². The van der Waals surface area contributed by atoms with Gasteiger partial charge in [-0.1, -0.05) is 49.4 Å². The van der Waals surface area contributed by atoms with Gasteiger partial charge in [-0.2, -0.15) is 18.3 Å². The van der Waals surface area contributed by atoms with Gasteiger partial charge in [0.1, 0.15) is 0 Å². The molecule has 2 aromatic heterocycles. The minimum atomic E-state index is -4.54. The van der Waals surface area contributed by atoms with Gasteiger partial charge in [0.05, 0.1) is 22.3 Å². The predicted molar refractivity (Wildman–Crippen MR) is 118 cm³/mol. The lowest BCUT2D eigenvalue weighted by Gasteiger charge is -2.15. The minimum Gasteiger partial charge on any atom is -0.378 e. The van der Waals surface area contributed by atoms with E-state index in [2.05, 4.69) is 10.1 Å². The van der Waals surface area contributed by atoms with E-state index >= 15 is 0 Å². The predicted octanol–water partition coefficient (Wildman–Crippen LogP) is 6.26. The van der Waals surface area contributed by atoms with Gasteiger partial charge in [0.15, 0.2) is 5.65 Å². The van der Waals surface area contributed by atoms with E-state index in [1.54, 1.807) is 22.9 Å². The Morgan fingerprint density at radius 2 is 1.65 bits per heavy atom. The van der Waals surface area contributed by atoms with Gasteiger partial charge >= 0.3 is 6.18 Å². The summed E-state index contributed by atoms with van der Waals surface area (Å²) in [6, 6.07) is 17.5. The summed E-state index contributed by atoms with van der Waals surface area (Å²) in [4.78, 5) is 6.46. The van der Waals surface area contributed by atoms with E-state index in [9.17, 15) is 13.2 Å². The van der Waals surface area contributed by atoms with Crippen LogP contribution in [0.2, 0.25) is 0 Å². The number of alkyl halides is 3. The molecule has 0 aliphatic carbocycles. The van der Waals surface area contributed by atoms with Gasteiger partial charge in [-0.05, 0) is 24.6 Å². The zero-order valence-electron chi connectivity index (χ0n) is 17.6. The quantitative estimate of drug-likeness (QED) is 0.379. The molecule has 0 unspecified atom stereocenters. The molecule has 4 aromatic rings. The van der Waals surface area contributed by atoms with Crippen LogP contribution in [0, 0.1) is 0 Å². The number of hydrogen-bond acceptors (Lipinski definition) is 3. The van der Waals surface area contributed by atoms with Gasteiger partial charge in [0.2, 0.25) is 0 Å². The second-order valence-electron chi connectivity index (χ2n) is 7.63. The van der Waals surface area contributed by atoms with Crippen LogP contribution in [0.5, 0.6) is 0 Å². The summed E-state index contributed by atoms with van der Waals surface area (Å²) in [6.45, 7) is 2.47. The Morgan fingerprint density at radius 1 is 0.935 bits per heavy atom. The number of rotatable bonds is 5. The third-order valence-electron chi connectivity index (χ3n) is 5.16. The minimum absolute atomic E-state index is 0.0414. The monoisotopic (exact) mass is 424 g/mol. The molecule has 7 heteroatoms. The average Bonchev–Trinajstić information content (AvgIpc) is 3.11. The fourth-order valence-corrected chi connectivity index (χ4v) is 3.71.